The van der Waals surface area contributed by atoms with Crippen molar-refractivity contribution in [1.82, 2.24) is 15.2 Å². The Morgan fingerprint density at radius 2 is 1.71 bits per heavy atom. The topological polar surface area (TPSA) is 92.6 Å². The molecule has 0 unspecified atom stereocenters. The summed E-state index contributed by atoms with van der Waals surface area (Å²) in [5.74, 6) is -0.0849. The van der Waals surface area contributed by atoms with Crippen LogP contribution in [-0.2, 0) is 17.9 Å². The third kappa shape index (κ3) is 5.87. The van der Waals surface area contributed by atoms with E-state index in [4.69, 9.17) is 4.74 Å². The summed E-state index contributed by atoms with van der Waals surface area (Å²) in [7, 11) is 0. The number of fused-ring (bicyclic) bond motifs is 2. The van der Waals surface area contributed by atoms with Crippen molar-refractivity contribution in [3.63, 3.8) is 0 Å². The minimum atomic E-state index is -0.524. The molecule has 4 aromatic rings. The maximum absolute atomic E-state index is 13.6. The summed E-state index contributed by atoms with van der Waals surface area (Å²) in [4.78, 5) is 26.6. The highest BCUT2D eigenvalue weighted by Gasteiger charge is 2.27. The first-order valence-electron chi connectivity index (χ1n) is 13.2. The van der Waals surface area contributed by atoms with Gasteiger partial charge in [-0.15, -0.1) is 11.3 Å². The number of aliphatic hydroxyl groups is 1. The van der Waals surface area contributed by atoms with E-state index in [0.29, 0.717) is 12.2 Å². The summed E-state index contributed by atoms with van der Waals surface area (Å²) in [6.07, 6.45) is 2.79. The van der Waals surface area contributed by atoms with Crippen LogP contribution in [0.2, 0.25) is 0 Å². The second-order valence-corrected chi connectivity index (χ2v) is 12.2. The smallest absolute Gasteiger partial charge is 0.407 e. The molecule has 2 heterocycles. The monoisotopic (exact) mass is 533 g/mol. The molecular weight excluding hydrogens is 498 g/mol. The number of rotatable bonds is 6. The molecule has 1 aliphatic carbocycles. The summed E-state index contributed by atoms with van der Waals surface area (Å²) in [5.41, 5.74) is 2.24. The Balaban J connectivity index is 1.31. The molecule has 2 aromatic carbocycles. The van der Waals surface area contributed by atoms with Gasteiger partial charge in [0.1, 0.15) is 11.3 Å². The fourth-order valence-electron chi connectivity index (χ4n) is 5.24. The molecule has 0 bridgehead atoms. The van der Waals surface area contributed by atoms with Crippen molar-refractivity contribution >= 4 is 44.3 Å². The fourth-order valence-corrected chi connectivity index (χ4v) is 6.21. The predicted octanol–water partition coefficient (Wildman–Crippen LogP) is 5.96. The van der Waals surface area contributed by atoms with Crippen molar-refractivity contribution < 1.29 is 19.4 Å². The number of aromatic nitrogens is 1. The molecule has 1 aliphatic rings. The van der Waals surface area contributed by atoms with Gasteiger partial charge < -0.3 is 25.0 Å². The fraction of sp³-hybridized carbons (Fsp3) is 0.400. The van der Waals surface area contributed by atoms with Gasteiger partial charge in [-0.05, 0) is 81.7 Å². The molecule has 0 atom stereocenters. The average Bonchev–Trinajstić information content (AvgIpc) is 3.46. The Hall–Kier alpha value is -3.36. The van der Waals surface area contributed by atoms with Gasteiger partial charge in [0.15, 0.2) is 0 Å². The van der Waals surface area contributed by atoms with Gasteiger partial charge in [-0.25, -0.2) is 4.79 Å². The largest absolute Gasteiger partial charge is 0.444 e. The molecule has 1 fully saturated rings. The molecule has 0 aliphatic heterocycles. The van der Waals surface area contributed by atoms with E-state index in [1.807, 2.05) is 63.2 Å². The van der Waals surface area contributed by atoms with E-state index in [0.717, 1.165) is 57.1 Å². The lowest BCUT2D eigenvalue weighted by molar-refractivity contribution is 0.0488. The third-order valence-electron chi connectivity index (χ3n) is 7.01. The molecule has 8 heteroatoms. The average molecular weight is 534 g/mol. The standard InChI is InChI=1S/C30H35N3O4S/c1-30(2,3)37-29(36)32-22-13-11-21(12-14-22)31-28(35)26-15-19-7-4-5-9-25(19)33(26)17-20-8-6-10-27-24(20)16-23(18-34)38-27/h4-10,15-16,21-22,34H,11-14,17-18H2,1-3H3,(H,31,35)(H,32,36). The van der Waals surface area contributed by atoms with Crippen LogP contribution < -0.4 is 10.6 Å². The number of hydrogen-bond acceptors (Lipinski definition) is 5. The van der Waals surface area contributed by atoms with Crippen molar-refractivity contribution in [2.24, 2.45) is 0 Å². The summed E-state index contributed by atoms with van der Waals surface area (Å²) < 4.78 is 8.60. The molecule has 0 saturated heterocycles. The molecule has 2 aromatic heterocycles. The zero-order valence-corrected chi connectivity index (χ0v) is 22.9. The van der Waals surface area contributed by atoms with Crippen molar-refractivity contribution in [3.05, 3.63) is 70.7 Å². The molecule has 2 amide bonds. The van der Waals surface area contributed by atoms with E-state index in [1.165, 1.54) is 0 Å². The van der Waals surface area contributed by atoms with Crippen LogP contribution in [0.5, 0.6) is 0 Å². The van der Waals surface area contributed by atoms with Crippen LogP contribution in [0.3, 0.4) is 0 Å². The Labute approximate surface area is 226 Å². The number of carbonyl (C=O) groups is 2. The Kier molecular flexibility index (Phi) is 7.45. The number of hydrogen-bond donors (Lipinski definition) is 3. The lowest BCUT2D eigenvalue weighted by Gasteiger charge is -2.30. The lowest BCUT2D eigenvalue weighted by atomic mass is 9.91. The van der Waals surface area contributed by atoms with Crippen LogP contribution in [0, 0.1) is 0 Å². The van der Waals surface area contributed by atoms with Crippen LogP contribution in [0.25, 0.3) is 21.0 Å². The number of nitrogens with one attached hydrogen (secondary N) is 2. The number of nitrogens with zero attached hydrogens (tertiary/aromatic N) is 1. The lowest BCUT2D eigenvalue weighted by Crippen LogP contribution is -2.45. The highest BCUT2D eigenvalue weighted by molar-refractivity contribution is 7.19. The molecule has 7 nitrogen and oxygen atoms in total. The molecule has 200 valence electrons. The minimum absolute atomic E-state index is 0.0223. The summed E-state index contributed by atoms with van der Waals surface area (Å²) in [6, 6.07) is 18.4. The zero-order chi connectivity index (χ0) is 26.9. The van der Waals surface area contributed by atoms with Crippen LogP contribution in [0.4, 0.5) is 4.79 Å². The van der Waals surface area contributed by atoms with Crippen molar-refractivity contribution in [1.29, 1.82) is 0 Å². The number of alkyl carbamates (subject to hydrolysis) is 1. The first kappa shape index (κ1) is 26.3. The molecule has 38 heavy (non-hydrogen) atoms. The molecule has 3 N–H and O–H groups in total. The number of ether oxygens (including phenoxy) is 1. The van der Waals surface area contributed by atoms with E-state index in [9.17, 15) is 14.7 Å². The number of amides is 2. The maximum Gasteiger partial charge on any atom is 0.407 e. The Bertz CT molecular complexity index is 1460. The molecule has 5 rings (SSSR count). The molecule has 0 radical (unpaired) electrons. The molecule has 1 saturated carbocycles. The number of thiophene rings is 1. The van der Waals surface area contributed by atoms with Crippen molar-refractivity contribution in [3.8, 4) is 0 Å². The molecular formula is C30H35N3O4S. The van der Waals surface area contributed by atoms with Crippen LogP contribution in [0.1, 0.15) is 67.4 Å². The quantitative estimate of drug-likeness (QED) is 0.285. The maximum atomic E-state index is 13.6. The number of aliphatic hydroxyl groups excluding tert-OH is 1. The van der Waals surface area contributed by atoms with E-state index in [1.54, 1.807) is 11.3 Å². The van der Waals surface area contributed by atoms with Crippen LogP contribution in [0.15, 0.2) is 54.6 Å². The minimum Gasteiger partial charge on any atom is -0.444 e. The van der Waals surface area contributed by atoms with Gasteiger partial charge in [0.05, 0.1) is 6.61 Å². The number of carbonyl (C=O) groups excluding carboxylic acids is 2. The van der Waals surface area contributed by atoms with Crippen molar-refractivity contribution in [2.45, 2.75) is 77.3 Å². The van der Waals surface area contributed by atoms with E-state index < -0.39 is 5.60 Å². The second kappa shape index (κ2) is 10.8. The number of benzene rings is 2. The van der Waals surface area contributed by atoms with Crippen LogP contribution >= 0.6 is 11.3 Å². The summed E-state index contributed by atoms with van der Waals surface area (Å²) in [6.45, 7) is 6.14. The predicted molar refractivity (Wildman–Crippen MR) is 152 cm³/mol. The van der Waals surface area contributed by atoms with Gasteiger partial charge >= 0.3 is 6.09 Å². The van der Waals surface area contributed by atoms with Gasteiger partial charge in [-0.2, -0.15) is 0 Å². The SMILES string of the molecule is CC(C)(C)OC(=O)NC1CCC(NC(=O)c2cc3ccccc3n2Cc2cccc3sc(CO)cc23)CC1. The zero-order valence-electron chi connectivity index (χ0n) is 22.1. The van der Waals surface area contributed by atoms with Gasteiger partial charge in [-0.3, -0.25) is 4.79 Å². The third-order valence-corrected chi connectivity index (χ3v) is 8.10. The van der Waals surface area contributed by atoms with Crippen molar-refractivity contribution in [2.75, 3.05) is 0 Å². The summed E-state index contributed by atoms with van der Waals surface area (Å²) >= 11 is 1.60. The van der Waals surface area contributed by atoms with Gasteiger partial charge in [0, 0.05) is 39.1 Å². The van der Waals surface area contributed by atoms with E-state index in [-0.39, 0.29) is 30.7 Å². The summed E-state index contributed by atoms with van der Waals surface area (Å²) in [5, 5.41) is 18.0. The van der Waals surface area contributed by atoms with Gasteiger partial charge in [-0.1, -0.05) is 30.3 Å². The van der Waals surface area contributed by atoms with E-state index in [2.05, 4.69) is 27.3 Å². The Morgan fingerprint density at radius 3 is 2.42 bits per heavy atom. The van der Waals surface area contributed by atoms with Gasteiger partial charge in [0.2, 0.25) is 0 Å². The first-order valence-corrected chi connectivity index (χ1v) is 14.0. The highest BCUT2D eigenvalue weighted by Crippen LogP contribution is 2.31. The Morgan fingerprint density at radius 1 is 1.00 bits per heavy atom. The highest BCUT2D eigenvalue weighted by atomic mass is 32.1. The molecule has 0 spiro atoms. The second-order valence-electron chi connectivity index (χ2n) is 11.0. The van der Waals surface area contributed by atoms with Crippen LogP contribution in [-0.4, -0.2) is 39.4 Å². The van der Waals surface area contributed by atoms with Gasteiger partial charge in [0.25, 0.3) is 5.91 Å². The number of para-hydroxylation sites is 1. The normalized spacial score (nSPS) is 18.0. The van der Waals surface area contributed by atoms with E-state index >= 15 is 0 Å². The first-order chi connectivity index (χ1) is 18.2.